The lowest BCUT2D eigenvalue weighted by Gasteiger charge is -2.15. The molecule has 1 aromatic carbocycles. The second-order valence-electron chi connectivity index (χ2n) is 5.29. The summed E-state index contributed by atoms with van der Waals surface area (Å²) in [7, 11) is 3.43. The van der Waals surface area contributed by atoms with Crippen molar-refractivity contribution in [2.45, 2.75) is 6.54 Å². The Bertz CT molecular complexity index is 749. The number of nitrogens with one attached hydrogen (secondary N) is 1. The molecule has 6 nitrogen and oxygen atoms in total. The molecule has 0 radical (unpaired) electrons. The van der Waals surface area contributed by atoms with Crippen LogP contribution in [-0.4, -0.2) is 36.7 Å². The summed E-state index contributed by atoms with van der Waals surface area (Å²) in [5, 5.41) is 3.21. The van der Waals surface area contributed by atoms with Gasteiger partial charge in [0, 0.05) is 31.3 Å². The van der Waals surface area contributed by atoms with Crippen LogP contribution in [0.3, 0.4) is 0 Å². The minimum Gasteiger partial charge on any atom is -0.454 e. The molecule has 1 aliphatic rings. The normalized spacial score (nSPS) is 12.1. The molecule has 120 valence electrons. The number of pyridine rings is 1. The van der Waals surface area contributed by atoms with Crippen molar-refractivity contribution in [1.29, 1.82) is 0 Å². The van der Waals surface area contributed by atoms with Gasteiger partial charge in [0.25, 0.3) is 5.91 Å². The van der Waals surface area contributed by atoms with E-state index in [1.165, 1.54) is 4.90 Å². The van der Waals surface area contributed by atoms with Crippen LogP contribution in [0.4, 0.5) is 5.82 Å². The van der Waals surface area contributed by atoms with Gasteiger partial charge >= 0.3 is 0 Å². The Balaban J connectivity index is 1.79. The SMILES string of the molecule is CN(C)C(=O)c1cc(Br)cnc1NCc1ccc2c(c1)OCO2. The van der Waals surface area contributed by atoms with Gasteiger partial charge in [-0.05, 0) is 39.7 Å². The van der Waals surface area contributed by atoms with Crippen molar-refractivity contribution in [2.24, 2.45) is 0 Å². The van der Waals surface area contributed by atoms with Crippen LogP contribution in [0.5, 0.6) is 11.5 Å². The molecule has 1 aliphatic heterocycles. The Morgan fingerprint density at radius 2 is 2.09 bits per heavy atom. The quantitative estimate of drug-likeness (QED) is 0.887. The average molecular weight is 378 g/mol. The van der Waals surface area contributed by atoms with Gasteiger partial charge in [0.15, 0.2) is 11.5 Å². The minimum absolute atomic E-state index is 0.105. The molecule has 0 saturated heterocycles. The van der Waals surface area contributed by atoms with Gasteiger partial charge in [-0.3, -0.25) is 4.79 Å². The van der Waals surface area contributed by atoms with E-state index >= 15 is 0 Å². The second kappa shape index (κ2) is 6.45. The van der Waals surface area contributed by atoms with Crippen molar-refractivity contribution >= 4 is 27.7 Å². The molecule has 3 rings (SSSR count). The monoisotopic (exact) mass is 377 g/mol. The number of hydrogen-bond acceptors (Lipinski definition) is 5. The van der Waals surface area contributed by atoms with E-state index in [1.54, 1.807) is 26.4 Å². The Morgan fingerprint density at radius 3 is 2.87 bits per heavy atom. The first-order valence-electron chi connectivity index (χ1n) is 7.04. The summed E-state index contributed by atoms with van der Waals surface area (Å²) < 4.78 is 11.4. The number of benzene rings is 1. The van der Waals surface area contributed by atoms with Crippen molar-refractivity contribution in [3.05, 3.63) is 46.1 Å². The van der Waals surface area contributed by atoms with E-state index in [4.69, 9.17) is 9.47 Å². The lowest BCUT2D eigenvalue weighted by atomic mass is 10.2. The van der Waals surface area contributed by atoms with Crippen molar-refractivity contribution in [3.8, 4) is 11.5 Å². The molecule has 1 amide bonds. The van der Waals surface area contributed by atoms with Crippen LogP contribution in [0.25, 0.3) is 0 Å². The Kier molecular flexibility index (Phi) is 4.38. The molecule has 0 atom stereocenters. The summed E-state index contributed by atoms with van der Waals surface area (Å²) in [6, 6.07) is 7.51. The Hall–Kier alpha value is -2.28. The number of rotatable bonds is 4. The molecule has 2 heterocycles. The van der Waals surface area contributed by atoms with Gasteiger partial charge in [0.1, 0.15) is 5.82 Å². The van der Waals surface area contributed by atoms with E-state index in [1.807, 2.05) is 18.2 Å². The van der Waals surface area contributed by atoms with Gasteiger partial charge in [-0.15, -0.1) is 0 Å². The first kappa shape index (κ1) is 15.6. The topological polar surface area (TPSA) is 63.7 Å². The number of aromatic nitrogens is 1. The highest BCUT2D eigenvalue weighted by molar-refractivity contribution is 9.10. The number of anilines is 1. The summed E-state index contributed by atoms with van der Waals surface area (Å²) in [5.74, 6) is 1.92. The predicted octanol–water partition coefficient (Wildman–Crippen LogP) is 2.89. The van der Waals surface area contributed by atoms with Gasteiger partial charge in [-0.25, -0.2) is 4.98 Å². The fraction of sp³-hybridized carbons (Fsp3) is 0.250. The van der Waals surface area contributed by atoms with Crippen molar-refractivity contribution in [3.63, 3.8) is 0 Å². The molecule has 0 saturated carbocycles. The third-order valence-corrected chi connectivity index (χ3v) is 3.82. The van der Waals surface area contributed by atoms with E-state index in [2.05, 4.69) is 26.2 Å². The maximum atomic E-state index is 12.3. The molecule has 2 aromatic rings. The van der Waals surface area contributed by atoms with Gasteiger partial charge in [0.05, 0.1) is 5.56 Å². The second-order valence-corrected chi connectivity index (χ2v) is 6.21. The highest BCUT2D eigenvalue weighted by Crippen LogP contribution is 2.32. The predicted molar refractivity (Wildman–Crippen MR) is 89.8 cm³/mol. The number of hydrogen-bond donors (Lipinski definition) is 1. The molecule has 0 fully saturated rings. The van der Waals surface area contributed by atoms with E-state index in [-0.39, 0.29) is 12.7 Å². The molecular weight excluding hydrogens is 362 g/mol. The molecule has 23 heavy (non-hydrogen) atoms. The van der Waals surface area contributed by atoms with Gasteiger partial charge in [-0.2, -0.15) is 0 Å². The largest absolute Gasteiger partial charge is 0.454 e. The number of amides is 1. The lowest BCUT2D eigenvalue weighted by Crippen LogP contribution is -2.23. The standard InChI is InChI=1S/C16H16BrN3O3/c1-20(2)16(21)12-6-11(17)8-19-15(12)18-7-10-3-4-13-14(5-10)23-9-22-13/h3-6,8H,7,9H2,1-2H3,(H,18,19). The van der Waals surface area contributed by atoms with E-state index in [0.717, 1.165) is 21.5 Å². The van der Waals surface area contributed by atoms with E-state index in [0.29, 0.717) is 17.9 Å². The average Bonchev–Trinajstić information content (AvgIpc) is 3.00. The highest BCUT2D eigenvalue weighted by atomic mass is 79.9. The van der Waals surface area contributed by atoms with Gasteiger partial charge in [0.2, 0.25) is 6.79 Å². The third-order valence-electron chi connectivity index (χ3n) is 3.39. The molecule has 0 bridgehead atoms. The maximum absolute atomic E-state index is 12.3. The highest BCUT2D eigenvalue weighted by Gasteiger charge is 2.16. The number of fused-ring (bicyclic) bond motifs is 1. The van der Waals surface area contributed by atoms with E-state index < -0.39 is 0 Å². The summed E-state index contributed by atoms with van der Waals surface area (Å²) >= 11 is 3.35. The molecule has 0 spiro atoms. The first-order chi connectivity index (χ1) is 11.0. The minimum atomic E-state index is -0.105. The zero-order valence-electron chi connectivity index (χ0n) is 12.8. The Labute approximate surface area is 142 Å². The van der Waals surface area contributed by atoms with Crippen LogP contribution in [0.1, 0.15) is 15.9 Å². The maximum Gasteiger partial charge on any atom is 0.257 e. The summed E-state index contributed by atoms with van der Waals surface area (Å²) in [5.41, 5.74) is 1.53. The third kappa shape index (κ3) is 3.39. The fourth-order valence-electron chi connectivity index (χ4n) is 2.22. The van der Waals surface area contributed by atoms with Gasteiger partial charge in [-0.1, -0.05) is 6.07 Å². The van der Waals surface area contributed by atoms with E-state index in [9.17, 15) is 4.79 Å². The number of ether oxygens (including phenoxy) is 2. The van der Waals surface area contributed by atoms with Crippen LogP contribution in [0.15, 0.2) is 34.9 Å². The number of carbonyl (C=O) groups excluding carboxylic acids is 1. The van der Waals surface area contributed by atoms with Crippen molar-refractivity contribution in [2.75, 3.05) is 26.2 Å². The zero-order valence-corrected chi connectivity index (χ0v) is 14.4. The zero-order chi connectivity index (χ0) is 16.4. The van der Waals surface area contributed by atoms with Gasteiger partial charge < -0.3 is 19.7 Å². The van der Waals surface area contributed by atoms with Crippen LogP contribution in [0, 0.1) is 0 Å². The molecule has 1 N–H and O–H groups in total. The molecular formula is C16H16BrN3O3. The smallest absolute Gasteiger partial charge is 0.257 e. The fourth-order valence-corrected chi connectivity index (χ4v) is 2.55. The summed E-state index contributed by atoms with van der Waals surface area (Å²) in [6.07, 6.45) is 1.66. The number of halogens is 1. The number of carbonyl (C=O) groups is 1. The van der Waals surface area contributed by atoms with Crippen LogP contribution in [0.2, 0.25) is 0 Å². The number of nitrogens with zero attached hydrogens (tertiary/aromatic N) is 2. The molecule has 0 unspecified atom stereocenters. The Morgan fingerprint density at radius 1 is 1.30 bits per heavy atom. The van der Waals surface area contributed by atoms with Crippen LogP contribution < -0.4 is 14.8 Å². The molecule has 1 aromatic heterocycles. The first-order valence-corrected chi connectivity index (χ1v) is 7.83. The summed E-state index contributed by atoms with van der Waals surface area (Å²) in [4.78, 5) is 18.1. The van der Waals surface area contributed by atoms with Crippen LogP contribution in [-0.2, 0) is 6.54 Å². The van der Waals surface area contributed by atoms with Crippen molar-refractivity contribution < 1.29 is 14.3 Å². The van der Waals surface area contributed by atoms with Crippen LogP contribution >= 0.6 is 15.9 Å². The summed E-state index contributed by atoms with van der Waals surface area (Å²) in [6.45, 7) is 0.779. The molecule has 0 aliphatic carbocycles. The molecule has 7 heteroatoms. The van der Waals surface area contributed by atoms with Crippen molar-refractivity contribution in [1.82, 2.24) is 9.88 Å². The lowest BCUT2D eigenvalue weighted by molar-refractivity contribution is 0.0828.